The molecule has 2 unspecified atom stereocenters. The third-order valence-corrected chi connectivity index (χ3v) is 5.49. The van der Waals surface area contributed by atoms with Crippen molar-refractivity contribution in [3.05, 3.63) is 64.9 Å². The summed E-state index contributed by atoms with van der Waals surface area (Å²) >= 11 is 7.69. The smallest absolute Gasteiger partial charge is 0.233 e. The fourth-order valence-corrected chi connectivity index (χ4v) is 4.00. The lowest BCUT2D eigenvalue weighted by atomic mass is 10.1. The predicted molar refractivity (Wildman–Crippen MR) is 109 cm³/mol. The van der Waals surface area contributed by atoms with Gasteiger partial charge in [-0.05, 0) is 41.8 Å². The van der Waals surface area contributed by atoms with E-state index in [9.17, 15) is 0 Å². The van der Waals surface area contributed by atoms with Crippen LogP contribution in [0.25, 0.3) is 10.2 Å². The second kappa shape index (κ2) is 6.75. The molecule has 6 nitrogen and oxygen atoms in total. The second-order valence-electron chi connectivity index (χ2n) is 6.42. The highest BCUT2D eigenvalue weighted by Gasteiger charge is 2.38. The van der Waals surface area contributed by atoms with Crippen molar-refractivity contribution in [1.29, 1.82) is 0 Å². The first kappa shape index (κ1) is 16.4. The van der Waals surface area contributed by atoms with Crippen LogP contribution in [0.15, 0.2) is 54.0 Å². The molecule has 2 aromatic carbocycles. The molecule has 0 saturated heterocycles. The molecule has 0 radical (unpaired) electrons. The number of rotatable bonds is 5. The molecule has 1 aliphatic rings. The van der Waals surface area contributed by atoms with E-state index < -0.39 is 0 Å². The second-order valence-corrected chi connectivity index (χ2v) is 7.64. The van der Waals surface area contributed by atoms with Crippen molar-refractivity contribution in [2.24, 2.45) is 0 Å². The van der Waals surface area contributed by atoms with E-state index in [-0.39, 0.29) is 5.28 Å². The van der Waals surface area contributed by atoms with Crippen LogP contribution in [-0.2, 0) is 0 Å². The van der Waals surface area contributed by atoms with Gasteiger partial charge >= 0.3 is 0 Å². The van der Waals surface area contributed by atoms with Crippen molar-refractivity contribution in [2.45, 2.75) is 18.4 Å². The summed E-state index contributed by atoms with van der Waals surface area (Å²) in [5.74, 6) is 1.38. The normalized spacial score (nSPS) is 18.4. The maximum Gasteiger partial charge on any atom is 0.233 e. The van der Waals surface area contributed by atoms with Gasteiger partial charge in [0.05, 0.1) is 15.7 Å². The van der Waals surface area contributed by atoms with Crippen molar-refractivity contribution in [3.8, 4) is 0 Å². The molecule has 0 aliphatic heterocycles. The summed E-state index contributed by atoms with van der Waals surface area (Å²) < 4.78 is 1.10. The minimum Gasteiger partial charge on any atom is -0.351 e. The number of anilines is 3. The summed E-state index contributed by atoms with van der Waals surface area (Å²) in [4.78, 5) is 17.1. The van der Waals surface area contributed by atoms with Gasteiger partial charge in [0.15, 0.2) is 0 Å². The Labute approximate surface area is 164 Å². The Morgan fingerprint density at radius 2 is 1.85 bits per heavy atom. The zero-order chi connectivity index (χ0) is 18.2. The highest BCUT2D eigenvalue weighted by atomic mass is 35.5. The third kappa shape index (κ3) is 3.56. The number of benzene rings is 2. The third-order valence-electron chi connectivity index (χ3n) is 4.53. The van der Waals surface area contributed by atoms with E-state index in [0.29, 0.717) is 23.9 Å². The van der Waals surface area contributed by atoms with E-state index in [0.717, 1.165) is 22.3 Å². The van der Waals surface area contributed by atoms with Crippen LogP contribution in [0, 0.1) is 0 Å². The summed E-state index contributed by atoms with van der Waals surface area (Å²) in [5.41, 5.74) is 5.01. The first-order chi connectivity index (χ1) is 13.2. The predicted octanol–water partition coefficient (Wildman–Crippen LogP) is 4.85. The molecule has 1 aliphatic carbocycles. The van der Waals surface area contributed by atoms with E-state index in [2.05, 4.69) is 54.8 Å². The highest BCUT2D eigenvalue weighted by molar-refractivity contribution is 7.16. The van der Waals surface area contributed by atoms with Crippen LogP contribution >= 0.6 is 22.9 Å². The molecule has 8 heteroatoms. The Kier molecular flexibility index (Phi) is 4.10. The Morgan fingerprint density at radius 1 is 1.00 bits per heavy atom. The average molecular weight is 395 g/mol. The van der Waals surface area contributed by atoms with E-state index in [1.807, 2.05) is 29.8 Å². The minimum absolute atomic E-state index is 0.158. The van der Waals surface area contributed by atoms with Crippen LogP contribution in [0.1, 0.15) is 17.9 Å². The topological polar surface area (TPSA) is 75.6 Å². The quantitative estimate of drug-likeness (QED) is 0.504. The summed E-state index contributed by atoms with van der Waals surface area (Å²) in [6.07, 6.45) is 1.05. The van der Waals surface area contributed by atoms with Gasteiger partial charge in [0.2, 0.25) is 17.2 Å². The molecule has 4 aromatic rings. The van der Waals surface area contributed by atoms with Gasteiger partial charge in [-0.15, -0.1) is 11.3 Å². The van der Waals surface area contributed by atoms with E-state index in [4.69, 9.17) is 11.6 Å². The van der Waals surface area contributed by atoms with Crippen LogP contribution in [0.2, 0.25) is 5.28 Å². The molecule has 1 saturated carbocycles. The van der Waals surface area contributed by atoms with Gasteiger partial charge in [-0.2, -0.15) is 15.0 Å². The summed E-state index contributed by atoms with van der Waals surface area (Å²) in [6, 6.07) is 16.7. The lowest BCUT2D eigenvalue weighted by molar-refractivity contribution is 0.978. The van der Waals surface area contributed by atoms with Crippen molar-refractivity contribution < 1.29 is 0 Å². The van der Waals surface area contributed by atoms with Gasteiger partial charge in [0.25, 0.3) is 0 Å². The number of thiazole rings is 1. The number of aromatic nitrogens is 4. The molecule has 0 amide bonds. The number of nitrogens with one attached hydrogen (secondary N) is 2. The van der Waals surface area contributed by atoms with Crippen LogP contribution in [0.3, 0.4) is 0 Å². The molecular formula is C19H15ClN6S. The van der Waals surface area contributed by atoms with E-state index >= 15 is 0 Å². The largest absolute Gasteiger partial charge is 0.351 e. The van der Waals surface area contributed by atoms with Gasteiger partial charge in [-0.25, -0.2) is 4.98 Å². The standard InChI is InChI=1S/C19H15ClN6S/c20-17-24-18(22-12-6-7-14-16(8-12)27-10-21-14)26-19(25-17)23-15-9-13(15)11-4-2-1-3-5-11/h1-8,10,13,15H,9H2,(H2,22,23,24,25,26). The first-order valence-corrected chi connectivity index (χ1v) is 9.84. The summed E-state index contributed by atoms with van der Waals surface area (Å²) in [7, 11) is 0. The SMILES string of the molecule is Clc1nc(Nc2ccc3ncsc3c2)nc(NC2CC2c2ccccc2)n1. The lowest BCUT2D eigenvalue weighted by Gasteiger charge is -2.08. The van der Waals surface area contributed by atoms with Crippen molar-refractivity contribution >= 4 is 50.7 Å². The Balaban J connectivity index is 1.32. The highest BCUT2D eigenvalue weighted by Crippen LogP contribution is 2.42. The van der Waals surface area contributed by atoms with E-state index in [1.54, 1.807) is 11.3 Å². The summed E-state index contributed by atoms with van der Waals surface area (Å²) in [6.45, 7) is 0. The maximum absolute atomic E-state index is 6.10. The van der Waals surface area contributed by atoms with Crippen LogP contribution in [0.4, 0.5) is 17.6 Å². The molecule has 1 fully saturated rings. The monoisotopic (exact) mass is 394 g/mol. The summed E-state index contributed by atoms with van der Waals surface area (Å²) in [5, 5.41) is 6.72. The van der Waals surface area contributed by atoms with Gasteiger partial charge in [0, 0.05) is 17.6 Å². The number of hydrogen-bond donors (Lipinski definition) is 2. The molecule has 0 bridgehead atoms. The Bertz CT molecular complexity index is 1100. The van der Waals surface area contributed by atoms with Crippen molar-refractivity contribution in [2.75, 3.05) is 10.6 Å². The Morgan fingerprint density at radius 3 is 2.74 bits per heavy atom. The van der Waals surface area contributed by atoms with Gasteiger partial charge < -0.3 is 10.6 Å². The molecule has 134 valence electrons. The van der Waals surface area contributed by atoms with Crippen molar-refractivity contribution in [1.82, 2.24) is 19.9 Å². The minimum atomic E-state index is 0.158. The first-order valence-electron chi connectivity index (χ1n) is 8.58. The maximum atomic E-state index is 6.10. The molecule has 2 aromatic heterocycles. The van der Waals surface area contributed by atoms with Gasteiger partial charge in [-0.3, -0.25) is 0 Å². The zero-order valence-electron chi connectivity index (χ0n) is 14.1. The average Bonchev–Trinajstić information content (AvgIpc) is 3.27. The number of nitrogens with zero attached hydrogens (tertiary/aromatic N) is 4. The molecular weight excluding hydrogens is 380 g/mol. The van der Waals surface area contributed by atoms with Crippen LogP contribution in [-0.4, -0.2) is 26.0 Å². The number of fused-ring (bicyclic) bond motifs is 1. The van der Waals surface area contributed by atoms with E-state index in [1.165, 1.54) is 5.56 Å². The fraction of sp³-hybridized carbons (Fsp3) is 0.158. The molecule has 2 atom stereocenters. The molecule has 5 rings (SSSR count). The molecule has 0 spiro atoms. The van der Waals surface area contributed by atoms with Crippen molar-refractivity contribution in [3.63, 3.8) is 0 Å². The fourth-order valence-electron chi connectivity index (χ4n) is 3.12. The zero-order valence-corrected chi connectivity index (χ0v) is 15.7. The van der Waals surface area contributed by atoms with Crippen LogP contribution < -0.4 is 10.6 Å². The molecule has 2 N–H and O–H groups in total. The van der Waals surface area contributed by atoms with Crippen LogP contribution in [0.5, 0.6) is 0 Å². The molecule has 27 heavy (non-hydrogen) atoms. The Hall–Kier alpha value is -2.77. The molecule has 2 heterocycles. The number of halogens is 1. The van der Waals surface area contributed by atoms with Gasteiger partial charge in [-0.1, -0.05) is 30.3 Å². The van der Waals surface area contributed by atoms with Gasteiger partial charge in [0.1, 0.15) is 0 Å². The number of hydrogen-bond acceptors (Lipinski definition) is 7. The lowest BCUT2D eigenvalue weighted by Crippen LogP contribution is -2.10.